The number of ether oxygens (including phenoxy) is 4. The van der Waals surface area contributed by atoms with E-state index in [-0.39, 0.29) is 13.6 Å². The molecule has 0 amide bonds. The van der Waals surface area contributed by atoms with Crippen molar-refractivity contribution in [3.05, 3.63) is 96.5 Å². The molecular weight excluding hydrogens is 424 g/mol. The van der Waals surface area contributed by atoms with Crippen LogP contribution in [0.3, 0.4) is 0 Å². The van der Waals surface area contributed by atoms with Crippen LogP contribution in [-0.2, 0) is 25.6 Å². The van der Waals surface area contributed by atoms with E-state index >= 15 is 0 Å². The minimum absolute atomic E-state index is 0.203. The van der Waals surface area contributed by atoms with E-state index in [1.165, 1.54) is 12.5 Å². The monoisotopic (exact) mass is 456 g/mol. The zero-order valence-electron chi connectivity index (χ0n) is 19.6. The largest absolute Gasteiger partial charge is 0.476 e. The molecule has 4 heteroatoms. The number of hydrogen-bond acceptors (Lipinski definition) is 4. The molecule has 34 heavy (non-hydrogen) atoms. The Morgan fingerprint density at radius 2 is 1.24 bits per heavy atom. The second kappa shape index (κ2) is 14.7. The molecule has 1 fully saturated rings. The van der Waals surface area contributed by atoms with Crippen LogP contribution < -0.4 is 0 Å². The number of rotatable bonds is 10. The summed E-state index contributed by atoms with van der Waals surface area (Å²) in [4.78, 5) is 0. The lowest BCUT2D eigenvalue weighted by Crippen LogP contribution is -2.18. The van der Waals surface area contributed by atoms with Crippen molar-refractivity contribution in [1.82, 2.24) is 0 Å². The summed E-state index contributed by atoms with van der Waals surface area (Å²) in [5.74, 6) is 14.3. The van der Waals surface area contributed by atoms with Crippen LogP contribution in [0.5, 0.6) is 0 Å². The van der Waals surface area contributed by atoms with Gasteiger partial charge in [-0.2, -0.15) is 0 Å². The first kappa shape index (κ1) is 25.2. The minimum atomic E-state index is 0.203. The highest BCUT2D eigenvalue weighted by atomic mass is 16.7. The first-order valence-corrected chi connectivity index (χ1v) is 11.6. The normalized spacial score (nSPS) is 16.8. The van der Waals surface area contributed by atoms with Gasteiger partial charge in [0.2, 0.25) is 0 Å². The third kappa shape index (κ3) is 9.20. The van der Waals surface area contributed by atoms with Gasteiger partial charge in [-0.25, -0.2) is 0 Å². The Kier molecular flexibility index (Phi) is 10.9. The molecule has 0 heterocycles. The summed E-state index contributed by atoms with van der Waals surface area (Å²) < 4.78 is 20.8. The van der Waals surface area contributed by atoms with Gasteiger partial charge in [-0.15, -0.1) is 0 Å². The van der Waals surface area contributed by atoms with Crippen molar-refractivity contribution in [3.8, 4) is 23.7 Å². The molecule has 0 atom stereocenters. The molecule has 3 rings (SSSR count). The van der Waals surface area contributed by atoms with Crippen LogP contribution in [0.15, 0.2) is 74.2 Å². The van der Waals surface area contributed by atoms with E-state index in [4.69, 9.17) is 18.9 Å². The Balaban J connectivity index is 1.43. The zero-order chi connectivity index (χ0) is 23.8. The predicted molar refractivity (Wildman–Crippen MR) is 134 cm³/mol. The maximum absolute atomic E-state index is 5.51. The third-order valence-corrected chi connectivity index (χ3v) is 5.62. The fraction of sp³-hybridized carbons (Fsp3) is 0.333. The van der Waals surface area contributed by atoms with Crippen LogP contribution in [0.4, 0.5) is 0 Å². The zero-order valence-corrected chi connectivity index (χ0v) is 19.6. The summed E-state index contributed by atoms with van der Waals surface area (Å²) in [6.45, 7) is 8.72. The van der Waals surface area contributed by atoms with Crippen molar-refractivity contribution >= 4 is 0 Å². The van der Waals surface area contributed by atoms with Crippen LogP contribution >= 0.6 is 0 Å². The van der Waals surface area contributed by atoms with Gasteiger partial charge < -0.3 is 18.9 Å². The molecule has 0 bridgehead atoms. The van der Waals surface area contributed by atoms with Gasteiger partial charge in [0.1, 0.15) is 0 Å². The third-order valence-electron chi connectivity index (χ3n) is 5.62. The Morgan fingerprint density at radius 1 is 0.706 bits per heavy atom. The first-order chi connectivity index (χ1) is 16.8. The van der Waals surface area contributed by atoms with E-state index in [0.717, 1.165) is 54.5 Å². The lowest BCUT2D eigenvalue weighted by molar-refractivity contribution is -0.0312. The molecule has 0 aromatic heterocycles. The first-order valence-electron chi connectivity index (χ1n) is 11.6. The van der Waals surface area contributed by atoms with Crippen molar-refractivity contribution < 1.29 is 18.9 Å². The molecule has 0 radical (unpaired) electrons. The second-order valence-corrected chi connectivity index (χ2v) is 8.13. The average Bonchev–Trinajstić information content (AvgIpc) is 2.89. The molecule has 1 aliphatic carbocycles. The minimum Gasteiger partial charge on any atom is -0.476 e. The summed E-state index contributed by atoms with van der Waals surface area (Å²) in [5.41, 5.74) is 4.04. The summed E-state index contributed by atoms with van der Waals surface area (Å²) >= 11 is 0. The van der Waals surface area contributed by atoms with Gasteiger partial charge >= 0.3 is 0 Å². The molecule has 1 aliphatic rings. The highest BCUT2D eigenvalue weighted by molar-refractivity contribution is 5.46. The fourth-order valence-electron chi connectivity index (χ4n) is 3.69. The number of benzene rings is 2. The molecule has 176 valence electrons. The highest BCUT2D eigenvalue weighted by Gasteiger charge is 2.19. The van der Waals surface area contributed by atoms with Gasteiger partial charge in [-0.3, -0.25) is 0 Å². The molecule has 0 aliphatic heterocycles. The Labute approximate surface area is 203 Å². The van der Waals surface area contributed by atoms with Gasteiger partial charge in [0.15, 0.2) is 13.6 Å². The molecule has 0 spiro atoms. The molecular formula is C30H32O4. The van der Waals surface area contributed by atoms with E-state index < -0.39 is 0 Å². The standard InChI is InChI=1S/C30H32O4/c1-3-31-23-33-21-29-17-13-27(14-18-29)11-9-25-5-7-26(8-6-25)10-12-28-15-19-30(20-16-28)22-34-24-32-4-2/h3-8,13-14,17-18,28,30H,1-2,15-16,19-24H2. The summed E-state index contributed by atoms with van der Waals surface area (Å²) in [5, 5.41) is 0. The predicted octanol–water partition coefficient (Wildman–Crippen LogP) is 6.01. The van der Waals surface area contributed by atoms with Crippen molar-refractivity contribution in [2.24, 2.45) is 11.8 Å². The summed E-state index contributed by atoms with van der Waals surface area (Å²) in [7, 11) is 0. The van der Waals surface area contributed by atoms with Crippen molar-refractivity contribution in [2.45, 2.75) is 32.3 Å². The van der Waals surface area contributed by atoms with Crippen molar-refractivity contribution in [2.75, 3.05) is 20.2 Å². The van der Waals surface area contributed by atoms with E-state index in [2.05, 4.69) is 36.8 Å². The van der Waals surface area contributed by atoms with Crippen LogP contribution in [-0.4, -0.2) is 20.2 Å². The summed E-state index contributed by atoms with van der Waals surface area (Å²) in [6, 6.07) is 16.1. The smallest absolute Gasteiger partial charge is 0.188 e. The van der Waals surface area contributed by atoms with Crippen LogP contribution in [0.1, 0.15) is 47.9 Å². The Morgan fingerprint density at radius 3 is 1.82 bits per heavy atom. The van der Waals surface area contributed by atoms with Gasteiger partial charge in [0.05, 0.1) is 25.7 Å². The van der Waals surface area contributed by atoms with Crippen molar-refractivity contribution in [1.29, 1.82) is 0 Å². The maximum Gasteiger partial charge on any atom is 0.188 e. The van der Waals surface area contributed by atoms with E-state index in [9.17, 15) is 0 Å². The SMILES string of the molecule is C=COCOCc1ccc(C#Cc2ccc(C#CC3CCC(COCOC=C)CC3)cc2)cc1. The van der Waals surface area contributed by atoms with Crippen molar-refractivity contribution in [3.63, 3.8) is 0 Å². The molecule has 2 aromatic rings. The fourth-order valence-corrected chi connectivity index (χ4v) is 3.69. The Hall–Kier alpha value is -3.44. The van der Waals surface area contributed by atoms with Gasteiger partial charge in [-0.1, -0.05) is 49.0 Å². The summed E-state index contributed by atoms with van der Waals surface area (Å²) in [6.07, 6.45) is 7.33. The van der Waals surface area contributed by atoms with Gasteiger partial charge in [0.25, 0.3) is 0 Å². The van der Waals surface area contributed by atoms with E-state index in [0.29, 0.717) is 18.4 Å². The topological polar surface area (TPSA) is 36.9 Å². The quantitative estimate of drug-likeness (QED) is 0.190. The molecule has 4 nitrogen and oxygen atoms in total. The van der Waals surface area contributed by atoms with E-state index in [1.54, 1.807) is 0 Å². The molecule has 1 saturated carbocycles. The lowest BCUT2D eigenvalue weighted by atomic mass is 9.82. The van der Waals surface area contributed by atoms with Crippen LogP contribution in [0.25, 0.3) is 0 Å². The highest BCUT2D eigenvalue weighted by Crippen LogP contribution is 2.28. The molecule has 2 aromatic carbocycles. The van der Waals surface area contributed by atoms with Crippen LogP contribution in [0.2, 0.25) is 0 Å². The van der Waals surface area contributed by atoms with E-state index in [1.807, 2.05) is 48.5 Å². The molecule has 0 unspecified atom stereocenters. The lowest BCUT2D eigenvalue weighted by Gasteiger charge is -2.25. The second-order valence-electron chi connectivity index (χ2n) is 8.13. The van der Waals surface area contributed by atoms with Gasteiger partial charge in [-0.05, 0) is 73.6 Å². The average molecular weight is 457 g/mol. The van der Waals surface area contributed by atoms with Gasteiger partial charge in [0, 0.05) is 22.6 Å². The maximum atomic E-state index is 5.51. The number of hydrogen-bond donors (Lipinski definition) is 0. The molecule has 0 saturated heterocycles. The Bertz CT molecular complexity index is 1010. The van der Waals surface area contributed by atoms with Crippen LogP contribution in [0, 0.1) is 35.5 Å². The molecule has 0 N–H and O–H groups in total.